The molecule has 15 heavy (non-hydrogen) atoms. The van der Waals surface area contributed by atoms with Gasteiger partial charge in [-0.2, -0.15) is 0 Å². The molecule has 0 fully saturated rings. The molecule has 0 aliphatic rings. The first-order valence-corrected chi connectivity index (χ1v) is 4.54. The summed E-state index contributed by atoms with van der Waals surface area (Å²) in [5.74, 6) is -1.03. The van der Waals surface area contributed by atoms with Crippen molar-refractivity contribution in [2.45, 2.75) is 0 Å². The number of carbonyl (C=O) groups excluding carboxylic acids is 1. The van der Waals surface area contributed by atoms with Crippen molar-refractivity contribution in [2.75, 3.05) is 0 Å². The van der Waals surface area contributed by atoms with E-state index in [0.29, 0.717) is 10.4 Å². The summed E-state index contributed by atoms with van der Waals surface area (Å²) in [6.45, 7) is 0. The van der Waals surface area contributed by atoms with E-state index in [9.17, 15) is 9.18 Å². The molecular weight excluding hydrogens is 271 g/mol. The van der Waals surface area contributed by atoms with Crippen LogP contribution in [0.5, 0.6) is 5.75 Å². The molecule has 78 valence electrons. The van der Waals surface area contributed by atoms with Gasteiger partial charge >= 0.3 is 6.09 Å². The first kappa shape index (κ1) is 9.84. The van der Waals surface area contributed by atoms with Gasteiger partial charge in [0.25, 0.3) is 0 Å². The maximum Gasteiger partial charge on any atom is 0.410 e. The summed E-state index contributed by atoms with van der Waals surface area (Å²) in [6, 6.07) is 1.22. The molecule has 0 atom stereocenters. The second kappa shape index (κ2) is 3.46. The number of hydrogen-bond acceptors (Lipinski definition) is 4. The smallest absolute Gasteiger partial charge is 0.407 e. The molecule has 6 nitrogen and oxygen atoms in total. The average Bonchev–Trinajstić information content (AvgIpc) is 2.44. The van der Waals surface area contributed by atoms with Crippen LogP contribution in [0.4, 0.5) is 9.18 Å². The number of aromatic nitrogens is 3. The van der Waals surface area contributed by atoms with Crippen molar-refractivity contribution in [3.05, 3.63) is 22.8 Å². The highest BCUT2D eigenvalue weighted by atomic mass is 79.9. The van der Waals surface area contributed by atoms with Crippen LogP contribution in [0.1, 0.15) is 0 Å². The molecule has 2 aromatic heterocycles. The quantitative estimate of drug-likeness (QED) is 0.844. The normalized spacial score (nSPS) is 10.5. The van der Waals surface area contributed by atoms with Gasteiger partial charge in [0, 0.05) is 6.07 Å². The molecule has 0 spiro atoms. The zero-order valence-electron chi connectivity index (χ0n) is 7.15. The van der Waals surface area contributed by atoms with Crippen LogP contribution in [-0.4, -0.2) is 20.7 Å². The molecule has 8 heteroatoms. The molecule has 1 amide bonds. The summed E-state index contributed by atoms with van der Waals surface area (Å²) >= 11 is 3.03. The standard InChI is InChI=1S/C7H4BrFN4O2/c8-6-11-5-1-4(15-7(10)14)3(9)2-13(5)12-6/h1-2H,(H2,10,14). The number of fused-ring (bicyclic) bond motifs is 1. The predicted octanol–water partition coefficient (Wildman–Crippen LogP) is 1.09. The van der Waals surface area contributed by atoms with E-state index >= 15 is 0 Å². The average molecular weight is 275 g/mol. The summed E-state index contributed by atoms with van der Waals surface area (Å²) in [5.41, 5.74) is 5.10. The monoisotopic (exact) mass is 274 g/mol. The third kappa shape index (κ3) is 1.89. The third-order valence-electron chi connectivity index (χ3n) is 1.57. The molecular formula is C7H4BrFN4O2. The number of hydrogen-bond donors (Lipinski definition) is 1. The maximum absolute atomic E-state index is 13.3. The zero-order valence-corrected chi connectivity index (χ0v) is 8.73. The summed E-state index contributed by atoms with van der Waals surface area (Å²) in [4.78, 5) is 14.3. The third-order valence-corrected chi connectivity index (χ3v) is 1.91. The Bertz CT molecular complexity index is 541. The highest BCUT2D eigenvalue weighted by Crippen LogP contribution is 2.19. The largest absolute Gasteiger partial charge is 0.410 e. The second-order valence-electron chi connectivity index (χ2n) is 2.59. The number of ether oxygens (including phenoxy) is 1. The van der Waals surface area contributed by atoms with Crippen molar-refractivity contribution in [1.82, 2.24) is 14.6 Å². The molecule has 0 bridgehead atoms. The summed E-state index contributed by atoms with van der Waals surface area (Å²) < 4.78 is 19.2. The van der Waals surface area contributed by atoms with Crippen LogP contribution in [-0.2, 0) is 0 Å². The minimum Gasteiger partial charge on any atom is -0.407 e. The number of pyridine rings is 1. The van der Waals surface area contributed by atoms with Crippen molar-refractivity contribution < 1.29 is 13.9 Å². The Morgan fingerprint density at radius 1 is 1.67 bits per heavy atom. The Morgan fingerprint density at radius 2 is 2.40 bits per heavy atom. The molecule has 0 unspecified atom stereocenters. The number of primary amides is 1. The SMILES string of the molecule is NC(=O)Oc1cc2nc(Br)nn2cc1F. The van der Waals surface area contributed by atoms with Crippen LogP contribution in [0.15, 0.2) is 17.0 Å². The summed E-state index contributed by atoms with van der Waals surface area (Å²) in [6.07, 6.45) is -0.0532. The molecule has 0 aromatic carbocycles. The fourth-order valence-corrected chi connectivity index (χ4v) is 1.40. The lowest BCUT2D eigenvalue weighted by Gasteiger charge is -2.01. The zero-order chi connectivity index (χ0) is 11.0. The fourth-order valence-electron chi connectivity index (χ4n) is 1.05. The van der Waals surface area contributed by atoms with E-state index in [2.05, 4.69) is 30.7 Å². The van der Waals surface area contributed by atoms with E-state index in [1.165, 1.54) is 10.6 Å². The van der Waals surface area contributed by atoms with Gasteiger partial charge in [-0.15, -0.1) is 5.10 Å². The first-order chi connectivity index (χ1) is 7.06. The van der Waals surface area contributed by atoms with Gasteiger partial charge in [-0.25, -0.2) is 18.7 Å². The number of carbonyl (C=O) groups is 1. The Balaban J connectivity index is 2.55. The van der Waals surface area contributed by atoms with Crippen LogP contribution in [0.25, 0.3) is 5.65 Å². The van der Waals surface area contributed by atoms with E-state index < -0.39 is 11.9 Å². The maximum atomic E-state index is 13.3. The highest BCUT2D eigenvalue weighted by Gasteiger charge is 2.11. The number of rotatable bonds is 1. The molecule has 0 saturated heterocycles. The van der Waals surface area contributed by atoms with Crippen molar-refractivity contribution in [1.29, 1.82) is 0 Å². The Kier molecular flexibility index (Phi) is 2.27. The van der Waals surface area contributed by atoms with E-state index in [1.54, 1.807) is 0 Å². The van der Waals surface area contributed by atoms with Crippen LogP contribution in [0.3, 0.4) is 0 Å². The fraction of sp³-hybridized carbons (Fsp3) is 0. The molecule has 0 aliphatic heterocycles. The molecule has 0 saturated carbocycles. The Morgan fingerprint density at radius 3 is 3.07 bits per heavy atom. The number of amides is 1. The minimum atomic E-state index is -1.09. The lowest BCUT2D eigenvalue weighted by molar-refractivity contribution is 0.208. The van der Waals surface area contributed by atoms with E-state index in [4.69, 9.17) is 5.73 Å². The molecule has 0 radical (unpaired) electrons. The number of nitrogens with zero attached hydrogens (tertiary/aromatic N) is 3. The number of nitrogens with two attached hydrogens (primary N) is 1. The Labute approximate surface area is 91.0 Å². The predicted molar refractivity (Wildman–Crippen MR) is 50.9 cm³/mol. The summed E-state index contributed by atoms with van der Waals surface area (Å²) in [7, 11) is 0. The van der Waals surface area contributed by atoms with Gasteiger partial charge in [0.15, 0.2) is 17.2 Å². The molecule has 2 heterocycles. The first-order valence-electron chi connectivity index (χ1n) is 3.75. The van der Waals surface area contributed by atoms with Crippen molar-refractivity contribution >= 4 is 27.7 Å². The van der Waals surface area contributed by atoms with Crippen LogP contribution < -0.4 is 10.5 Å². The van der Waals surface area contributed by atoms with E-state index in [0.717, 1.165) is 6.20 Å². The van der Waals surface area contributed by atoms with Crippen molar-refractivity contribution in [3.8, 4) is 5.75 Å². The van der Waals surface area contributed by atoms with Gasteiger partial charge in [-0.3, -0.25) is 0 Å². The van der Waals surface area contributed by atoms with E-state index in [1.807, 2.05) is 0 Å². The summed E-state index contributed by atoms with van der Waals surface area (Å²) in [5, 5.41) is 3.80. The van der Waals surface area contributed by atoms with Gasteiger partial charge in [0.1, 0.15) is 0 Å². The Hall–Kier alpha value is -1.70. The van der Waals surface area contributed by atoms with E-state index in [-0.39, 0.29) is 5.75 Å². The molecule has 2 aromatic rings. The molecule has 2 N–H and O–H groups in total. The lowest BCUT2D eigenvalue weighted by Crippen LogP contribution is -2.17. The van der Waals surface area contributed by atoms with Crippen molar-refractivity contribution in [3.63, 3.8) is 0 Å². The lowest BCUT2D eigenvalue weighted by atomic mass is 10.4. The van der Waals surface area contributed by atoms with Gasteiger partial charge in [-0.05, 0) is 15.9 Å². The molecule has 2 rings (SSSR count). The number of halogens is 2. The topological polar surface area (TPSA) is 82.5 Å². The minimum absolute atomic E-state index is 0.282. The van der Waals surface area contributed by atoms with Gasteiger partial charge in [-0.1, -0.05) is 0 Å². The highest BCUT2D eigenvalue weighted by molar-refractivity contribution is 9.10. The van der Waals surface area contributed by atoms with Crippen LogP contribution in [0, 0.1) is 5.82 Å². The molecule has 0 aliphatic carbocycles. The van der Waals surface area contributed by atoms with Crippen molar-refractivity contribution in [2.24, 2.45) is 5.73 Å². The van der Waals surface area contributed by atoms with Gasteiger partial charge in [0.2, 0.25) is 4.73 Å². The van der Waals surface area contributed by atoms with Gasteiger partial charge in [0.05, 0.1) is 6.20 Å². The van der Waals surface area contributed by atoms with Crippen LogP contribution in [0.2, 0.25) is 0 Å². The van der Waals surface area contributed by atoms with Gasteiger partial charge < -0.3 is 10.5 Å². The van der Waals surface area contributed by atoms with Crippen LogP contribution >= 0.6 is 15.9 Å². The second-order valence-corrected chi connectivity index (χ2v) is 3.30.